The van der Waals surface area contributed by atoms with Crippen molar-refractivity contribution in [3.63, 3.8) is 0 Å². The molecule has 14 heteroatoms. The Morgan fingerprint density at radius 1 is 0.900 bits per heavy atom. The van der Waals surface area contributed by atoms with E-state index in [1.165, 1.54) is 31.2 Å². The van der Waals surface area contributed by atoms with Gasteiger partial charge in [0.25, 0.3) is 5.69 Å². The molecule has 1 aliphatic rings. The Morgan fingerprint density at radius 2 is 1.48 bits per heavy atom. The second kappa shape index (κ2) is 13.4. The quantitative estimate of drug-likeness (QED) is 0.144. The van der Waals surface area contributed by atoms with Gasteiger partial charge in [-0.25, -0.2) is 9.59 Å². The highest BCUT2D eigenvalue weighted by Gasteiger charge is 2.52. The fraction of sp³-hybridized carbons (Fsp3) is 0.385. The summed E-state index contributed by atoms with van der Waals surface area (Å²) in [6, 6.07) is 11.2. The first-order valence-electron chi connectivity index (χ1n) is 11.9. The van der Waals surface area contributed by atoms with Crippen molar-refractivity contribution in [1.29, 1.82) is 0 Å². The van der Waals surface area contributed by atoms with E-state index in [9.17, 15) is 29.3 Å². The number of hydrogen-bond donors (Lipinski definition) is 0. The number of nitro groups is 1. The predicted octanol–water partition coefficient (Wildman–Crippen LogP) is 3.09. The van der Waals surface area contributed by atoms with Crippen LogP contribution in [0.1, 0.15) is 26.3 Å². The minimum Gasteiger partial charge on any atom is -0.467 e. The number of nitro benzene ring substituents is 1. The summed E-state index contributed by atoms with van der Waals surface area (Å²) in [5, 5.41) is 10.7. The molecule has 40 heavy (non-hydrogen) atoms. The van der Waals surface area contributed by atoms with E-state index in [1.807, 2.05) is 0 Å². The highest BCUT2D eigenvalue weighted by Crippen LogP contribution is 2.33. The maximum Gasteiger partial charge on any atom is 0.514 e. The summed E-state index contributed by atoms with van der Waals surface area (Å²) in [5.74, 6) is -2.50. The van der Waals surface area contributed by atoms with Crippen molar-refractivity contribution in [2.75, 3.05) is 7.11 Å². The average molecular weight is 561 g/mol. The summed E-state index contributed by atoms with van der Waals surface area (Å²) in [5.41, 5.74) is 0.425. The third-order valence-electron chi connectivity index (χ3n) is 5.67. The van der Waals surface area contributed by atoms with Crippen LogP contribution in [0.3, 0.4) is 0 Å². The first-order chi connectivity index (χ1) is 19.0. The van der Waals surface area contributed by atoms with Gasteiger partial charge in [0.05, 0.1) is 18.0 Å². The molecule has 0 amide bonds. The molecule has 0 N–H and O–H groups in total. The van der Waals surface area contributed by atoms with E-state index in [2.05, 4.69) is 0 Å². The smallest absolute Gasteiger partial charge is 0.467 e. The molecule has 0 aromatic heterocycles. The largest absolute Gasteiger partial charge is 0.514 e. The van der Waals surface area contributed by atoms with Gasteiger partial charge in [-0.2, -0.15) is 0 Å². The molecule has 2 aromatic rings. The molecule has 1 aliphatic heterocycles. The van der Waals surface area contributed by atoms with E-state index in [0.717, 1.165) is 14.0 Å². The summed E-state index contributed by atoms with van der Waals surface area (Å²) in [7, 11) is 1.13. The lowest BCUT2D eigenvalue weighted by Gasteiger charge is -2.42. The van der Waals surface area contributed by atoms with Crippen molar-refractivity contribution in [1.82, 2.24) is 0 Å². The molecule has 5 atom stereocenters. The van der Waals surface area contributed by atoms with E-state index < -0.39 is 59.5 Å². The number of nitrogens with zero attached hydrogens (tertiary/aromatic N) is 1. The molecule has 214 valence electrons. The molecule has 0 aliphatic carbocycles. The Bertz CT molecular complexity index is 1230. The number of esters is 3. The van der Waals surface area contributed by atoms with Crippen molar-refractivity contribution in [3.05, 3.63) is 64.2 Å². The number of non-ortho nitro benzene ring substituents is 1. The zero-order chi connectivity index (χ0) is 29.4. The number of carbonyl (C=O) groups is 4. The maximum atomic E-state index is 12.4. The zero-order valence-electron chi connectivity index (χ0n) is 22.0. The summed E-state index contributed by atoms with van der Waals surface area (Å²) in [6.45, 7) is 3.82. The summed E-state index contributed by atoms with van der Waals surface area (Å²) in [4.78, 5) is 57.9. The van der Waals surface area contributed by atoms with Crippen molar-refractivity contribution >= 4 is 29.8 Å². The molecule has 14 nitrogen and oxygen atoms in total. The monoisotopic (exact) mass is 561 g/mol. The standard InChI is InChI=1S/C26H27NO13/c1-14-21(36-15(2)28)22(37-16(3)29)23(24(30)34-4)40-25(14)38-19-9-5-17(6-10-19)13-35-26(31)39-20-11-7-18(8-12-20)27(32)33/h5-12,14,21-23,25H,13H2,1-4H3. The second-order valence-electron chi connectivity index (χ2n) is 8.61. The van der Waals surface area contributed by atoms with E-state index in [0.29, 0.717) is 11.3 Å². The van der Waals surface area contributed by atoms with Crippen LogP contribution in [0.4, 0.5) is 10.5 Å². The molecule has 1 saturated heterocycles. The fourth-order valence-electron chi connectivity index (χ4n) is 3.80. The van der Waals surface area contributed by atoms with Crippen LogP contribution in [0.5, 0.6) is 11.5 Å². The number of carbonyl (C=O) groups excluding carboxylic acids is 4. The van der Waals surface area contributed by atoms with Gasteiger partial charge >= 0.3 is 24.1 Å². The molecular weight excluding hydrogens is 534 g/mol. The first-order valence-corrected chi connectivity index (χ1v) is 11.9. The minimum atomic E-state index is -1.42. The van der Waals surface area contributed by atoms with Crippen molar-refractivity contribution < 1.29 is 57.3 Å². The predicted molar refractivity (Wildman–Crippen MR) is 132 cm³/mol. The molecular formula is C26H27NO13. The lowest BCUT2D eigenvalue weighted by Crippen LogP contribution is -2.60. The van der Waals surface area contributed by atoms with Crippen LogP contribution in [-0.4, -0.2) is 60.7 Å². The molecule has 2 aromatic carbocycles. The Balaban J connectivity index is 1.63. The fourth-order valence-corrected chi connectivity index (χ4v) is 3.80. The lowest BCUT2D eigenvalue weighted by atomic mass is 9.91. The molecule has 0 radical (unpaired) electrons. The van der Waals surface area contributed by atoms with Gasteiger partial charge < -0.3 is 33.2 Å². The summed E-state index contributed by atoms with van der Waals surface area (Å²) >= 11 is 0. The first kappa shape index (κ1) is 29.8. The molecule has 0 saturated carbocycles. The second-order valence-corrected chi connectivity index (χ2v) is 8.61. The number of benzene rings is 2. The molecule has 0 spiro atoms. The summed E-state index contributed by atoms with van der Waals surface area (Å²) in [6.07, 6.45) is -5.85. The maximum absolute atomic E-state index is 12.4. The molecule has 3 rings (SSSR count). The van der Waals surface area contributed by atoms with Crippen LogP contribution >= 0.6 is 0 Å². The van der Waals surface area contributed by atoms with Crippen LogP contribution in [0.2, 0.25) is 0 Å². The Morgan fingerprint density at radius 3 is 2.02 bits per heavy atom. The topological polar surface area (TPSA) is 176 Å². The highest BCUT2D eigenvalue weighted by molar-refractivity contribution is 5.77. The van der Waals surface area contributed by atoms with E-state index in [-0.39, 0.29) is 18.0 Å². The van der Waals surface area contributed by atoms with Crippen LogP contribution in [0.15, 0.2) is 48.5 Å². The van der Waals surface area contributed by atoms with Crippen LogP contribution in [-0.2, 0) is 44.7 Å². The Kier molecular flexibility index (Phi) is 9.97. The van der Waals surface area contributed by atoms with Crippen LogP contribution in [0.25, 0.3) is 0 Å². The SMILES string of the molecule is COC(=O)C1OC(Oc2ccc(COC(=O)Oc3ccc([N+](=O)[O-])cc3)cc2)C(C)C(OC(C)=O)C1OC(C)=O. The van der Waals surface area contributed by atoms with Crippen molar-refractivity contribution in [2.45, 2.75) is 52.0 Å². The summed E-state index contributed by atoms with van der Waals surface area (Å²) < 4.78 is 37.1. The average Bonchev–Trinajstić information content (AvgIpc) is 2.91. The van der Waals surface area contributed by atoms with Crippen molar-refractivity contribution in [3.8, 4) is 11.5 Å². The van der Waals surface area contributed by atoms with Gasteiger partial charge in [0.15, 0.2) is 18.3 Å². The highest BCUT2D eigenvalue weighted by atomic mass is 16.7. The van der Waals surface area contributed by atoms with E-state index in [1.54, 1.807) is 31.2 Å². The van der Waals surface area contributed by atoms with E-state index >= 15 is 0 Å². The van der Waals surface area contributed by atoms with Crippen molar-refractivity contribution in [2.24, 2.45) is 5.92 Å². The number of rotatable bonds is 9. The molecule has 1 fully saturated rings. The Labute approximate surface area is 228 Å². The minimum absolute atomic E-state index is 0.0780. The number of hydrogen-bond acceptors (Lipinski definition) is 13. The number of ether oxygens (including phenoxy) is 7. The molecule has 1 heterocycles. The van der Waals surface area contributed by atoms with Gasteiger partial charge in [-0.3, -0.25) is 19.7 Å². The van der Waals surface area contributed by atoms with Gasteiger partial charge in [-0.05, 0) is 29.8 Å². The third kappa shape index (κ3) is 7.89. The van der Waals surface area contributed by atoms with Gasteiger partial charge in [0, 0.05) is 26.0 Å². The number of methoxy groups -OCH3 is 1. The van der Waals surface area contributed by atoms with Gasteiger partial charge in [0.2, 0.25) is 6.29 Å². The Hall–Kier alpha value is -4.72. The van der Waals surface area contributed by atoms with Crippen LogP contribution < -0.4 is 9.47 Å². The normalized spacial score (nSPS) is 21.9. The third-order valence-corrected chi connectivity index (χ3v) is 5.67. The van der Waals surface area contributed by atoms with Gasteiger partial charge in [0.1, 0.15) is 18.1 Å². The van der Waals surface area contributed by atoms with Gasteiger partial charge in [-0.1, -0.05) is 19.1 Å². The zero-order valence-corrected chi connectivity index (χ0v) is 22.0. The van der Waals surface area contributed by atoms with E-state index in [4.69, 9.17) is 33.2 Å². The van der Waals surface area contributed by atoms with Gasteiger partial charge in [-0.15, -0.1) is 0 Å². The molecule has 0 bridgehead atoms. The molecule has 5 unspecified atom stereocenters. The van der Waals surface area contributed by atoms with Crippen LogP contribution in [0, 0.1) is 16.0 Å². The lowest BCUT2D eigenvalue weighted by molar-refractivity contribution is -0.384.